The molecule has 1 atom stereocenters. The summed E-state index contributed by atoms with van der Waals surface area (Å²) in [5.74, 6) is 1.16. The molecule has 0 saturated heterocycles. The highest BCUT2D eigenvalue weighted by atomic mass is 35.5. The van der Waals surface area contributed by atoms with Crippen molar-refractivity contribution in [2.24, 2.45) is 5.73 Å². The van der Waals surface area contributed by atoms with Gasteiger partial charge in [-0.2, -0.15) is 0 Å². The molecule has 3 N–H and O–H groups in total. The lowest BCUT2D eigenvalue weighted by atomic mass is 9.93. The summed E-state index contributed by atoms with van der Waals surface area (Å²) >= 11 is 0. The van der Waals surface area contributed by atoms with Gasteiger partial charge in [0, 0.05) is 12.5 Å². The van der Waals surface area contributed by atoms with E-state index in [0.29, 0.717) is 19.1 Å². The van der Waals surface area contributed by atoms with Crippen molar-refractivity contribution in [2.75, 3.05) is 19.7 Å². The monoisotopic (exact) mass is 256 g/mol. The fourth-order valence-corrected chi connectivity index (χ4v) is 1.94. The van der Waals surface area contributed by atoms with Crippen LogP contribution >= 0.6 is 12.4 Å². The SMILES string of the molecule is Cl.NCC(=O)NCC1CCOc2ccccc21. The molecule has 0 radical (unpaired) electrons. The van der Waals surface area contributed by atoms with E-state index in [1.165, 1.54) is 5.56 Å². The van der Waals surface area contributed by atoms with E-state index in [9.17, 15) is 4.79 Å². The second-order valence-corrected chi connectivity index (χ2v) is 3.88. The van der Waals surface area contributed by atoms with Gasteiger partial charge in [0.1, 0.15) is 5.75 Å². The topological polar surface area (TPSA) is 64.4 Å². The Labute approximate surface area is 107 Å². The maximum Gasteiger partial charge on any atom is 0.233 e. The summed E-state index contributed by atoms with van der Waals surface area (Å²) in [6.45, 7) is 1.39. The minimum absolute atomic E-state index is 0. The maximum absolute atomic E-state index is 11.1. The van der Waals surface area contributed by atoms with Crippen LogP contribution in [0.25, 0.3) is 0 Å². The molecule has 1 heterocycles. The van der Waals surface area contributed by atoms with Crippen LogP contribution in [0.5, 0.6) is 5.75 Å². The van der Waals surface area contributed by atoms with Crippen LogP contribution in [-0.4, -0.2) is 25.6 Å². The Bertz CT molecular complexity index is 385. The number of carbonyl (C=O) groups is 1. The Morgan fingerprint density at radius 1 is 1.47 bits per heavy atom. The van der Waals surface area contributed by atoms with E-state index < -0.39 is 0 Å². The molecule has 2 rings (SSSR count). The van der Waals surface area contributed by atoms with E-state index in [1.807, 2.05) is 24.3 Å². The van der Waals surface area contributed by atoms with E-state index in [0.717, 1.165) is 12.2 Å². The highest BCUT2D eigenvalue weighted by molar-refractivity contribution is 5.85. The van der Waals surface area contributed by atoms with Crippen molar-refractivity contribution in [2.45, 2.75) is 12.3 Å². The molecule has 1 aromatic rings. The largest absolute Gasteiger partial charge is 0.493 e. The number of hydrogen-bond acceptors (Lipinski definition) is 3. The van der Waals surface area contributed by atoms with Crippen molar-refractivity contribution in [3.8, 4) is 5.75 Å². The molecule has 0 aliphatic carbocycles. The molecule has 0 saturated carbocycles. The Hall–Kier alpha value is -1.26. The van der Waals surface area contributed by atoms with Crippen LogP contribution in [0.1, 0.15) is 17.9 Å². The summed E-state index contributed by atoms with van der Waals surface area (Å²) in [6.07, 6.45) is 0.932. The highest BCUT2D eigenvalue weighted by Gasteiger charge is 2.20. The van der Waals surface area contributed by atoms with Gasteiger partial charge in [0.15, 0.2) is 0 Å². The first-order chi connectivity index (χ1) is 7.81. The van der Waals surface area contributed by atoms with E-state index in [2.05, 4.69) is 5.32 Å². The van der Waals surface area contributed by atoms with Crippen LogP contribution in [0.15, 0.2) is 24.3 Å². The van der Waals surface area contributed by atoms with Gasteiger partial charge in [-0.3, -0.25) is 4.79 Å². The van der Waals surface area contributed by atoms with Crippen molar-refractivity contribution < 1.29 is 9.53 Å². The Morgan fingerprint density at radius 2 is 2.24 bits per heavy atom. The lowest BCUT2D eigenvalue weighted by molar-refractivity contribution is -0.119. The van der Waals surface area contributed by atoms with Gasteiger partial charge >= 0.3 is 0 Å². The number of amides is 1. The molecule has 0 fully saturated rings. The van der Waals surface area contributed by atoms with Gasteiger partial charge in [-0.25, -0.2) is 0 Å². The Kier molecular flexibility index (Phi) is 5.25. The first kappa shape index (κ1) is 13.8. The molecule has 0 spiro atoms. The van der Waals surface area contributed by atoms with Gasteiger partial charge in [0.05, 0.1) is 13.2 Å². The molecule has 1 aromatic carbocycles. The van der Waals surface area contributed by atoms with E-state index >= 15 is 0 Å². The molecule has 0 aromatic heterocycles. The number of hydrogen-bond donors (Lipinski definition) is 2. The summed E-state index contributed by atoms with van der Waals surface area (Å²) in [5.41, 5.74) is 6.42. The van der Waals surface area contributed by atoms with E-state index in [1.54, 1.807) is 0 Å². The number of rotatable bonds is 3. The van der Waals surface area contributed by atoms with E-state index in [4.69, 9.17) is 10.5 Å². The molecule has 1 amide bonds. The van der Waals surface area contributed by atoms with Crippen molar-refractivity contribution in [1.29, 1.82) is 0 Å². The fraction of sp³-hybridized carbons (Fsp3) is 0.417. The molecule has 0 bridgehead atoms. The van der Waals surface area contributed by atoms with Crippen LogP contribution in [0, 0.1) is 0 Å². The smallest absolute Gasteiger partial charge is 0.233 e. The minimum Gasteiger partial charge on any atom is -0.493 e. The van der Waals surface area contributed by atoms with Crippen LogP contribution < -0.4 is 15.8 Å². The van der Waals surface area contributed by atoms with Gasteiger partial charge in [-0.1, -0.05) is 18.2 Å². The zero-order valence-corrected chi connectivity index (χ0v) is 10.3. The molecule has 17 heavy (non-hydrogen) atoms. The standard InChI is InChI=1S/C12H16N2O2.ClH/c13-7-12(15)14-8-9-5-6-16-11-4-2-1-3-10(9)11;/h1-4,9H,5-8,13H2,(H,14,15);1H. The van der Waals surface area contributed by atoms with Crippen LogP contribution in [0.3, 0.4) is 0 Å². The van der Waals surface area contributed by atoms with Crippen molar-refractivity contribution >= 4 is 18.3 Å². The normalized spacial score (nSPS) is 17.4. The second kappa shape index (κ2) is 6.47. The summed E-state index contributed by atoms with van der Waals surface area (Å²) in [7, 11) is 0. The third-order valence-corrected chi connectivity index (χ3v) is 2.81. The number of fused-ring (bicyclic) bond motifs is 1. The lowest BCUT2D eigenvalue weighted by Gasteiger charge is -2.25. The Balaban J connectivity index is 0.00000144. The van der Waals surface area contributed by atoms with Crippen LogP contribution in [-0.2, 0) is 4.79 Å². The van der Waals surface area contributed by atoms with Crippen molar-refractivity contribution in [1.82, 2.24) is 5.32 Å². The number of halogens is 1. The summed E-state index contributed by atoms with van der Waals surface area (Å²) < 4.78 is 5.55. The lowest BCUT2D eigenvalue weighted by Crippen LogP contribution is -2.34. The molecule has 1 unspecified atom stereocenters. The van der Waals surface area contributed by atoms with Crippen molar-refractivity contribution in [3.63, 3.8) is 0 Å². The molecular formula is C12H17ClN2O2. The number of nitrogens with two attached hydrogens (primary N) is 1. The molecule has 5 heteroatoms. The third kappa shape index (κ3) is 3.35. The molecule has 1 aliphatic heterocycles. The van der Waals surface area contributed by atoms with Gasteiger partial charge < -0.3 is 15.8 Å². The first-order valence-electron chi connectivity index (χ1n) is 5.49. The predicted octanol–water partition coefficient (Wildman–Crippen LogP) is 1.05. The van der Waals surface area contributed by atoms with E-state index in [-0.39, 0.29) is 24.9 Å². The minimum atomic E-state index is -0.107. The molecule has 1 aliphatic rings. The molecule has 4 nitrogen and oxygen atoms in total. The van der Waals surface area contributed by atoms with Gasteiger partial charge in [0.25, 0.3) is 0 Å². The number of para-hydroxylation sites is 1. The van der Waals surface area contributed by atoms with Crippen LogP contribution in [0.2, 0.25) is 0 Å². The second-order valence-electron chi connectivity index (χ2n) is 3.88. The van der Waals surface area contributed by atoms with Gasteiger partial charge in [-0.15, -0.1) is 12.4 Å². The number of ether oxygens (including phenoxy) is 1. The average molecular weight is 257 g/mol. The number of benzene rings is 1. The highest BCUT2D eigenvalue weighted by Crippen LogP contribution is 2.32. The maximum atomic E-state index is 11.1. The Morgan fingerprint density at radius 3 is 3.00 bits per heavy atom. The number of carbonyl (C=O) groups excluding carboxylic acids is 1. The average Bonchev–Trinajstić information content (AvgIpc) is 2.35. The molecule has 94 valence electrons. The summed E-state index contributed by atoms with van der Waals surface area (Å²) in [6, 6.07) is 7.96. The first-order valence-corrected chi connectivity index (χ1v) is 5.49. The number of nitrogens with one attached hydrogen (secondary N) is 1. The van der Waals surface area contributed by atoms with Crippen LogP contribution in [0.4, 0.5) is 0 Å². The quantitative estimate of drug-likeness (QED) is 0.850. The zero-order valence-electron chi connectivity index (χ0n) is 9.52. The fourth-order valence-electron chi connectivity index (χ4n) is 1.94. The molecular weight excluding hydrogens is 240 g/mol. The zero-order chi connectivity index (χ0) is 11.4. The summed E-state index contributed by atoms with van der Waals surface area (Å²) in [4.78, 5) is 11.1. The summed E-state index contributed by atoms with van der Waals surface area (Å²) in [5, 5.41) is 2.82. The van der Waals surface area contributed by atoms with Gasteiger partial charge in [0.2, 0.25) is 5.91 Å². The predicted molar refractivity (Wildman–Crippen MR) is 68.6 cm³/mol. The third-order valence-electron chi connectivity index (χ3n) is 2.81. The van der Waals surface area contributed by atoms with Crippen molar-refractivity contribution in [3.05, 3.63) is 29.8 Å². The van der Waals surface area contributed by atoms with Gasteiger partial charge in [-0.05, 0) is 18.1 Å².